The van der Waals surface area contributed by atoms with Gasteiger partial charge in [-0.1, -0.05) is 61.5 Å². The molecule has 0 radical (unpaired) electrons. The molecule has 41 heavy (non-hydrogen) atoms. The molecule has 2 aliphatic carbocycles. The summed E-state index contributed by atoms with van der Waals surface area (Å²) in [5.41, 5.74) is 6.82. The number of hydrogen-bond donors (Lipinski definition) is 1. The molecule has 1 fully saturated rings. The van der Waals surface area contributed by atoms with Crippen LogP contribution < -0.4 is 9.62 Å². The second-order valence-corrected chi connectivity index (χ2v) is 12.9. The number of nitrogens with zero attached hydrogens (tertiary/aromatic N) is 2. The van der Waals surface area contributed by atoms with Crippen LogP contribution in [0.25, 0.3) is 0 Å². The average molecular weight is 566 g/mol. The highest BCUT2D eigenvalue weighted by molar-refractivity contribution is 7.89. The smallest absolute Gasteiger partial charge is 0.241 e. The van der Waals surface area contributed by atoms with Gasteiger partial charge in [0, 0.05) is 23.3 Å². The summed E-state index contributed by atoms with van der Waals surface area (Å²) in [4.78, 5) is 20.8. The third-order valence-corrected chi connectivity index (χ3v) is 9.81. The normalized spacial score (nSPS) is 19.5. The van der Waals surface area contributed by atoms with Gasteiger partial charge < -0.3 is 4.90 Å². The average Bonchev–Trinajstić information content (AvgIpc) is 3.71. The standard InChI is InChI=1S/C34H35N3O3S/c1-3-24-12-17-29(18-13-24)41(39,40)36-33-19-15-26-14-16-28(20-31(26)33)37(22-27-11-7-8-23(2)35-27)34(38)32-21-30(32)25-9-5-4-6-10-25/h4-14,16-18,20,30,32-33,36H,3,15,19,21-22H2,1-2H3/t30-,32+,33?/m0/s1. The maximum absolute atomic E-state index is 14.0. The van der Waals surface area contributed by atoms with Crippen LogP contribution in [0, 0.1) is 12.8 Å². The SMILES string of the molecule is CCc1ccc(S(=O)(=O)NC2CCc3ccc(N(Cc4cccc(C)n4)C(=O)[C@@H]4C[C@H]4c4ccccc4)cc32)cc1. The molecule has 0 spiro atoms. The first-order chi connectivity index (χ1) is 19.8. The summed E-state index contributed by atoms with van der Waals surface area (Å²) in [7, 11) is -3.70. The Hall–Kier alpha value is -3.81. The van der Waals surface area contributed by atoms with Gasteiger partial charge in [0.25, 0.3) is 0 Å². The molecule has 1 unspecified atom stereocenters. The molecule has 3 aromatic carbocycles. The predicted octanol–water partition coefficient (Wildman–Crippen LogP) is 6.26. The van der Waals surface area contributed by atoms with Gasteiger partial charge in [-0.2, -0.15) is 0 Å². The van der Waals surface area contributed by atoms with E-state index in [-0.39, 0.29) is 28.7 Å². The quantitative estimate of drug-likeness (QED) is 0.260. The van der Waals surface area contributed by atoms with Gasteiger partial charge in [-0.15, -0.1) is 0 Å². The minimum absolute atomic E-state index is 0.0771. The summed E-state index contributed by atoms with van der Waals surface area (Å²) in [6, 6.07) is 28.8. The lowest BCUT2D eigenvalue weighted by Crippen LogP contribution is -2.33. The van der Waals surface area contributed by atoms with E-state index in [0.717, 1.165) is 53.0 Å². The number of rotatable bonds is 9. The highest BCUT2D eigenvalue weighted by atomic mass is 32.2. The fourth-order valence-electron chi connectivity index (χ4n) is 5.92. The van der Waals surface area contributed by atoms with Gasteiger partial charge in [-0.05, 0) is 97.2 Å². The molecule has 2 aliphatic rings. The number of aromatic nitrogens is 1. The van der Waals surface area contributed by atoms with Crippen molar-refractivity contribution in [3.63, 3.8) is 0 Å². The Labute approximate surface area is 242 Å². The number of amides is 1. The fourth-order valence-corrected chi connectivity index (χ4v) is 7.17. The number of carbonyl (C=O) groups excluding carboxylic acids is 1. The Morgan fingerprint density at radius 1 is 0.976 bits per heavy atom. The minimum Gasteiger partial charge on any atom is -0.306 e. The molecule has 3 atom stereocenters. The van der Waals surface area contributed by atoms with Crippen molar-refractivity contribution in [1.82, 2.24) is 9.71 Å². The highest BCUT2D eigenvalue weighted by Crippen LogP contribution is 2.49. The summed E-state index contributed by atoms with van der Waals surface area (Å²) < 4.78 is 29.5. The first-order valence-corrected chi connectivity index (χ1v) is 15.8. The molecule has 6 nitrogen and oxygen atoms in total. The van der Waals surface area contributed by atoms with E-state index >= 15 is 0 Å². The molecule has 1 aromatic heterocycles. The van der Waals surface area contributed by atoms with Gasteiger partial charge in [0.1, 0.15) is 0 Å². The maximum atomic E-state index is 14.0. The van der Waals surface area contributed by atoms with Crippen molar-refractivity contribution in [1.29, 1.82) is 0 Å². The van der Waals surface area contributed by atoms with E-state index in [2.05, 4.69) is 21.8 Å². The number of pyridine rings is 1. The molecule has 7 heteroatoms. The third-order valence-electron chi connectivity index (χ3n) is 8.33. The zero-order valence-electron chi connectivity index (χ0n) is 23.5. The van der Waals surface area contributed by atoms with Gasteiger partial charge in [0.15, 0.2) is 0 Å². The van der Waals surface area contributed by atoms with E-state index in [1.54, 1.807) is 12.1 Å². The number of sulfonamides is 1. The molecule has 6 rings (SSSR count). The molecule has 1 heterocycles. The number of fused-ring (bicyclic) bond motifs is 1. The number of carbonyl (C=O) groups is 1. The van der Waals surface area contributed by atoms with Crippen molar-refractivity contribution >= 4 is 21.6 Å². The Bertz CT molecular complexity index is 1670. The Morgan fingerprint density at radius 2 is 1.76 bits per heavy atom. The molecule has 0 bridgehead atoms. The molecule has 1 N–H and O–H groups in total. The molecular weight excluding hydrogens is 530 g/mol. The van der Waals surface area contributed by atoms with E-state index in [4.69, 9.17) is 0 Å². The van der Waals surface area contributed by atoms with Crippen LogP contribution in [0.4, 0.5) is 5.69 Å². The fraction of sp³-hybridized carbons (Fsp3) is 0.294. The number of hydrogen-bond acceptors (Lipinski definition) is 4. The number of aryl methyl sites for hydroxylation is 3. The Kier molecular flexibility index (Phi) is 7.49. The second kappa shape index (κ2) is 11.2. The maximum Gasteiger partial charge on any atom is 0.241 e. The second-order valence-electron chi connectivity index (χ2n) is 11.1. The molecular formula is C34H35N3O3S. The predicted molar refractivity (Wildman–Crippen MR) is 161 cm³/mol. The van der Waals surface area contributed by atoms with Crippen molar-refractivity contribution in [3.8, 4) is 0 Å². The van der Waals surface area contributed by atoms with Crippen LogP contribution >= 0.6 is 0 Å². The van der Waals surface area contributed by atoms with Gasteiger partial charge in [0.2, 0.25) is 15.9 Å². The minimum atomic E-state index is -3.70. The summed E-state index contributed by atoms with van der Waals surface area (Å²) in [5.74, 6) is 0.203. The van der Waals surface area contributed by atoms with Crippen molar-refractivity contribution in [3.05, 3.63) is 125 Å². The molecule has 4 aromatic rings. The Balaban J connectivity index is 1.29. The van der Waals surface area contributed by atoms with Crippen LogP contribution in [0.5, 0.6) is 0 Å². The lowest BCUT2D eigenvalue weighted by atomic mass is 10.1. The van der Waals surface area contributed by atoms with E-state index in [0.29, 0.717) is 13.0 Å². The van der Waals surface area contributed by atoms with Crippen molar-refractivity contribution < 1.29 is 13.2 Å². The number of benzene rings is 3. The molecule has 0 saturated heterocycles. The van der Waals surface area contributed by atoms with Crippen molar-refractivity contribution in [2.24, 2.45) is 5.92 Å². The van der Waals surface area contributed by atoms with Crippen molar-refractivity contribution in [2.45, 2.75) is 62.9 Å². The zero-order chi connectivity index (χ0) is 28.6. The topological polar surface area (TPSA) is 79.4 Å². The van der Waals surface area contributed by atoms with E-state index in [9.17, 15) is 13.2 Å². The van der Waals surface area contributed by atoms with E-state index in [1.807, 2.05) is 85.5 Å². The zero-order valence-corrected chi connectivity index (χ0v) is 24.3. The van der Waals surface area contributed by atoms with Crippen molar-refractivity contribution in [2.75, 3.05) is 4.90 Å². The van der Waals surface area contributed by atoms with Gasteiger partial charge >= 0.3 is 0 Å². The van der Waals surface area contributed by atoms with Crippen LogP contribution in [-0.4, -0.2) is 19.3 Å². The monoisotopic (exact) mass is 565 g/mol. The lowest BCUT2D eigenvalue weighted by molar-refractivity contribution is -0.120. The molecule has 0 aliphatic heterocycles. The van der Waals surface area contributed by atoms with Crippen LogP contribution in [0.2, 0.25) is 0 Å². The van der Waals surface area contributed by atoms with Crippen LogP contribution in [0.1, 0.15) is 65.4 Å². The Morgan fingerprint density at radius 3 is 2.49 bits per heavy atom. The van der Waals surface area contributed by atoms with Crippen LogP contribution in [0.3, 0.4) is 0 Å². The van der Waals surface area contributed by atoms with Crippen LogP contribution in [-0.2, 0) is 34.2 Å². The summed E-state index contributed by atoms with van der Waals surface area (Å²) in [6.45, 7) is 4.35. The molecule has 1 saturated carbocycles. The largest absolute Gasteiger partial charge is 0.306 e. The third kappa shape index (κ3) is 5.83. The number of nitrogens with one attached hydrogen (secondary N) is 1. The van der Waals surface area contributed by atoms with Crippen LogP contribution in [0.15, 0.2) is 95.9 Å². The lowest BCUT2D eigenvalue weighted by Gasteiger charge is -2.25. The van der Waals surface area contributed by atoms with Gasteiger partial charge in [-0.25, -0.2) is 13.1 Å². The first kappa shape index (κ1) is 27.4. The number of anilines is 1. The van der Waals surface area contributed by atoms with Gasteiger partial charge in [-0.3, -0.25) is 9.78 Å². The summed E-state index contributed by atoms with van der Waals surface area (Å²) in [5, 5.41) is 0. The highest BCUT2D eigenvalue weighted by Gasteiger charge is 2.46. The van der Waals surface area contributed by atoms with Gasteiger partial charge in [0.05, 0.1) is 17.1 Å². The molecule has 210 valence electrons. The molecule has 1 amide bonds. The van der Waals surface area contributed by atoms with E-state index in [1.165, 1.54) is 5.56 Å². The first-order valence-electron chi connectivity index (χ1n) is 14.4. The van der Waals surface area contributed by atoms with E-state index < -0.39 is 10.0 Å². The summed E-state index contributed by atoms with van der Waals surface area (Å²) in [6.07, 6.45) is 3.14. The summed E-state index contributed by atoms with van der Waals surface area (Å²) >= 11 is 0.